The van der Waals surface area contributed by atoms with Gasteiger partial charge in [-0.15, -0.1) is 0 Å². The minimum absolute atomic E-state index is 0.185. The van der Waals surface area contributed by atoms with E-state index in [0.717, 1.165) is 27.9 Å². The Kier molecular flexibility index (Phi) is 7.17. The lowest BCUT2D eigenvalue weighted by Gasteiger charge is -2.20. The van der Waals surface area contributed by atoms with Gasteiger partial charge in [0, 0.05) is 12.2 Å². The number of hydrogen-bond donors (Lipinski definition) is 2. The van der Waals surface area contributed by atoms with E-state index in [2.05, 4.69) is 38.3 Å². The molecule has 0 aliphatic heterocycles. The van der Waals surface area contributed by atoms with Crippen LogP contribution in [-0.4, -0.2) is 11.8 Å². The summed E-state index contributed by atoms with van der Waals surface area (Å²) in [6, 6.07) is 14.0. The van der Waals surface area contributed by atoms with Gasteiger partial charge in [-0.1, -0.05) is 75.7 Å². The second-order valence-electron chi connectivity index (χ2n) is 7.61. The molecule has 2 rings (SSSR count). The van der Waals surface area contributed by atoms with Gasteiger partial charge in [0.25, 0.3) is 0 Å². The van der Waals surface area contributed by atoms with E-state index in [4.69, 9.17) is 0 Å². The average molecular weight is 367 g/mol. The summed E-state index contributed by atoms with van der Waals surface area (Å²) < 4.78 is 0. The fourth-order valence-corrected chi connectivity index (χ4v) is 3.11. The molecule has 2 amide bonds. The molecule has 4 nitrogen and oxygen atoms in total. The molecule has 0 heterocycles. The second-order valence-corrected chi connectivity index (χ2v) is 7.61. The summed E-state index contributed by atoms with van der Waals surface area (Å²) in [5.74, 6) is 0.0113. The van der Waals surface area contributed by atoms with Crippen molar-refractivity contribution >= 4 is 17.5 Å². The Morgan fingerprint density at radius 1 is 0.889 bits per heavy atom. The summed E-state index contributed by atoms with van der Waals surface area (Å²) in [6.45, 7) is 10.8. The maximum absolute atomic E-state index is 12.5. The van der Waals surface area contributed by atoms with Gasteiger partial charge in [0.2, 0.25) is 11.8 Å². The van der Waals surface area contributed by atoms with Crippen molar-refractivity contribution in [3.05, 3.63) is 64.7 Å². The van der Waals surface area contributed by atoms with Gasteiger partial charge in [0.15, 0.2) is 0 Å². The van der Waals surface area contributed by atoms with Crippen molar-refractivity contribution in [1.29, 1.82) is 0 Å². The van der Waals surface area contributed by atoms with E-state index in [1.807, 2.05) is 49.4 Å². The molecule has 144 valence electrons. The predicted molar refractivity (Wildman–Crippen MR) is 111 cm³/mol. The Morgan fingerprint density at radius 2 is 1.48 bits per heavy atom. The SMILES string of the molecule is Cc1cccc(CNC(=O)CC(=O)Nc2c(C(C)C)cccc2C(C)C)c1. The van der Waals surface area contributed by atoms with Gasteiger partial charge < -0.3 is 10.6 Å². The molecule has 2 aromatic rings. The Balaban J connectivity index is 2.02. The van der Waals surface area contributed by atoms with E-state index < -0.39 is 0 Å². The van der Waals surface area contributed by atoms with E-state index in [0.29, 0.717) is 6.54 Å². The quantitative estimate of drug-likeness (QED) is 0.686. The Bertz CT molecular complexity index is 784. The van der Waals surface area contributed by atoms with Crippen LogP contribution in [0.5, 0.6) is 0 Å². The third kappa shape index (κ3) is 5.95. The lowest BCUT2D eigenvalue weighted by molar-refractivity contribution is -0.126. The summed E-state index contributed by atoms with van der Waals surface area (Å²) in [7, 11) is 0. The number of hydrogen-bond acceptors (Lipinski definition) is 2. The highest BCUT2D eigenvalue weighted by Crippen LogP contribution is 2.32. The van der Waals surface area contributed by atoms with E-state index in [1.54, 1.807) is 0 Å². The van der Waals surface area contributed by atoms with Crippen LogP contribution in [-0.2, 0) is 16.1 Å². The number of carbonyl (C=O) groups excluding carboxylic acids is 2. The lowest BCUT2D eigenvalue weighted by Crippen LogP contribution is -2.28. The zero-order valence-electron chi connectivity index (χ0n) is 16.9. The van der Waals surface area contributed by atoms with E-state index in [1.165, 1.54) is 0 Å². The first-order valence-electron chi connectivity index (χ1n) is 9.52. The van der Waals surface area contributed by atoms with Crippen LogP contribution in [0.4, 0.5) is 5.69 Å². The van der Waals surface area contributed by atoms with Crippen molar-refractivity contribution in [2.75, 3.05) is 5.32 Å². The van der Waals surface area contributed by atoms with Crippen LogP contribution in [0, 0.1) is 6.92 Å². The molecule has 0 fully saturated rings. The van der Waals surface area contributed by atoms with E-state index in [-0.39, 0.29) is 30.1 Å². The topological polar surface area (TPSA) is 58.2 Å². The molecule has 0 aromatic heterocycles. The first-order chi connectivity index (χ1) is 12.8. The van der Waals surface area contributed by atoms with Gasteiger partial charge in [-0.2, -0.15) is 0 Å². The number of benzene rings is 2. The summed E-state index contributed by atoms with van der Waals surface area (Å²) in [6.07, 6.45) is -0.185. The summed E-state index contributed by atoms with van der Waals surface area (Å²) >= 11 is 0. The van der Waals surface area contributed by atoms with Crippen molar-refractivity contribution in [1.82, 2.24) is 5.32 Å². The summed E-state index contributed by atoms with van der Waals surface area (Å²) in [5.41, 5.74) is 5.20. The van der Waals surface area contributed by atoms with E-state index >= 15 is 0 Å². The minimum Gasteiger partial charge on any atom is -0.352 e. The highest BCUT2D eigenvalue weighted by atomic mass is 16.2. The van der Waals surface area contributed by atoms with Crippen LogP contribution >= 0.6 is 0 Å². The molecule has 0 spiro atoms. The summed E-state index contributed by atoms with van der Waals surface area (Å²) in [5, 5.41) is 5.80. The third-order valence-electron chi connectivity index (χ3n) is 4.53. The van der Waals surface area contributed by atoms with Crippen LogP contribution in [0.1, 0.15) is 68.2 Å². The first kappa shape index (κ1) is 20.7. The standard InChI is InChI=1S/C23H30N2O2/c1-15(2)19-10-7-11-20(16(3)4)23(19)25-22(27)13-21(26)24-14-18-9-6-8-17(5)12-18/h6-12,15-16H,13-14H2,1-5H3,(H,24,26)(H,25,27). The number of carbonyl (C=O) groups is 2. The van der Waals surface area contributed by atoms with Crippen molar-refractivity contribution in [2.45, 2.75) is 59.4 Å². The molecule has 0 saturated carbocycles. The molecule has 0 unspecified atom stereocenters. The molecular formula is C23H30N2O2. The minimum atomic E-state index is -0.285. The third-order valence-corrected chi connectivity index (χ3v) is 4.53. The Labute approximate surface area is 162 Å². The maximum Gasteiger partial charge on any atom is 0.233 e. The molecule has 0 aliphatic carbocycles. The van der Waals surface area contributed by atoms with Gasteiger partial charge in [-0.25, -0.2) is 0 Å². The van der Waals surface area contributed by atoms with Crippen LogP contribution in [0.3, 0.4) is 0 Å². The van der Waals surface area contributed by atoms with Gasteiger partial charge in [-0.3, -0.25) is 9.59 Å². The molecule has 0 aliphatic rings. The molecular weight excluding hydrogens is 336 g/mol. The zero-order chi connectivity index (χ0) is 20.0. The number of rotatable bonds is 7. The average Bonchev–Trinajstić information content (AvgIpc) is 2.59. The molecule has 2 aromatic carbocycles. The normalized spacial score (nSPS) is 10.9. The number of nitrogens with one attached hydrogen (secondary N) is 2. The largest absolute Gasteiger partial charge is 0.352 e. The Morgan fingerprint density at radius 3 is 2.04 bits per heavy atom. The molecule has 0 bridgehead atoms. The van der Waals surface area contributed by atoms with Gasteiger partial charge >= 0.3 is 0 Å². The number of para-hydroxylation sites is 1. The maximum atomic E-state index is 12.5. The molecule has 4 heteroatoms. The highest BCUT2D eigenvalue weighted by Gasteiger charge is 2.17. The highest BCUT2D eigenvalue weighted by molar-refractivity contribution is 6.04. The van der Waals surface area contributed by atoms with Crippen LogP contribution < -0.4 is 10.6 Å². The number of amides is 2. The smallest absolute Gasteiger partial charge is 0.233 e. The summed E-state index contributed by atoms with van der Waals surface area (Å²) in [4.78, 5) is 24.6. The Hall–Kier alpha value is -2.62. The monoisotopic (exact) mass is 366 g/mol. The zero-order valence-corrected chi connectivity index (χ0v) is 16.9. The number of anilines is 1. The predicted octanol–water partition coefficient (Wildman–Crippen LogP) is 4.89. The van der Waals surface area contributed by atoms with Crippen LogP contribution in [0.25, 0.3) is 0 Å². The van der Waals surface area contributed by atoms with Crippen LogP contribution in [0.15, 0.2) is 42.5 Å². The second kappa shape index (κ2) is 9.36. The van der Waals surface area contributed by atoms with Gasteiger partial charge in [0.1, 0.15) is 6.42 Å². The van der Waals surface area contributed by atoms with E-state index in [9.17, 15) is 9.59 Å². The van der Waals surface area contributed by atoms with Gasteiger partial charge in [0.05, 0.1) is 0 Å². The van der Waals surface area contributed by atoms with Crippen molar-refractivity contribution < 1.29 is 9.59 Å². The lowest BCUT2D eigenvalue weighted by atomic mass is 9.92. The van der Waals surface area contributed by atoms with Crippen molar-refractivity contribution in [2.24, 2.45) is 0 Å². The molecule has 0 saturated heterocycles. The van der Waals surface area contributed by atoms with Crippen molar-refractivity contribution in [3.63, 3.8) is 0 Å². The molecule has 0 atom stereocenters. The molecule has 0 radical (unpaired) electrons. The van der Waals surface area contributed by atoms with Gasteiger partial charge in [-0.05, 0) is 35.4 Å². The fourth-order valence-electron chi connectivity index (χ4n) is 3.11. The number of aryl methyl sites for hydroxylation is 1. The fraction of sp³-hybridized carbons (Fsp3) is 0.391. The molecule has 2 N–H and O–H groups in total. The van der Waals surface area contributed by atoms with Crippen molar-refractivity contribution in [3.8, 4) is 0 Å². The van der Waals surface area contributed by atoms with Crippen LogP contribution in [0.2, 0.25) is 0 Å². The first-order valence-corrected chi connectivity index (χ1v) is 9.52. The molecule has 27 heavy (non-hydrogen) atoms.